The largest absolute Gasteiger partial charge is 0.382 e. The third-order valence-electron chi connectivity index (χ3n) is 3.54. The van der Waals surface area contributed by atoms with E-state index in [-0.39, 0.29) is 24.0 Å². The summed E-state index contributed by atoms with van der Waals surface area (Å²) in [4.78, 5) is 4.21. The molecule has 0 unspecified atom stereocenters. The summed E-state index contributed by atoms with van der Waals surface area (Å²) in [7, 11) is 1.77. The van der Waals surface area contributed by atoms with Gasteiger partial charge in [-0.3, -0.25) is 4.99 Å². The van der Waals surface area contributed by atoms with Crippen LogP contribution in [0.4, 0.5) is 0 Å². The fourth-order valence-electron chi connectivity index (χ4n) is 2.41. The third kappa shape index (κ3) is 5.71. The van der Waals surface area contributed by atoms with Gasteiger partial charge in [0, 0.05) is 39.8 Å². The molecule has 22 heavy (non-hydrogen) atoms. The van der Waals surface area contributed by atoms with E-state index in [4.69, 9.17) is 4.74 Å². The number of ether oxygens (including phenoxy) is 1. The fraction of sp³-hybridized carbons (Fsp3) is 0.786. The lowest BCUT2D eigenvalue weighted by Crippen LogP contribution is -2.38. The predicted octanol–water partition coefficient (Wildman–Crippen LogP) is 1.32. The molecule has 2 rings (SSSR count). The number of guanidine groups is 1. The molecule has 0 radical (unpaired) electrons. The highest BCUT2D eigenvalue weighted by Gasteiger charge is 2.15. The Morgan fingerprint density at radius 3 is 2.95 bits per heavy atom. The molecule has 2 heterocycles. The summed E-state index contributed by atoms with van der Waals surface area (Å²) in [6.45, 7) is 6.08. The van der Waals surface area contributed by atoms with Gasteiger partial charge in [0.2, 0.25) is 0 Å². The molecule has 1 aromatic rings. The van der Waals surface area contributed by atoms with Gasteiger partial charge >= 0.3 is 0 Å². The Morgan fingerprint density at radius 2 is 2.18 bits per heavy atom. The second-order valence-electron chi connectivity index (χ2n) is 5.04. The number of fused-ring (bicyclic) bond motifs is 1. The number of rotatable bonds is 7. The Morgan fingerprint density at radius 1 is 1.32 bits per heavy atom. The normalized spacial score (nSPS) is 14.2. The van der Waals surface area contributed by atoms with Crippen LogP contribution in [0.1, 0.15) is 37.8 Å². The highest BCUT2D eigenvalue weighted by molar-refractivity contribution is 14.0. The minimum Gasteiger partial charge on any atom is -0.382 e. The van der Waals surface area contributed by atoms with Gasteiger partial charge in [0.05, 0.1) is 6.54 Å². The Balaban J connectivity index is 0.00000242. The van der Waals surface area contributed by atoms with E-state index >= 15 is 0 Å². The number of aryl methyl sites for hydroxylation is 1. The second kappa shape index (κ2) is 10.8. The van der Waals surface area contributed by atoms with Crippen molar-refractivity contribution in [3.8, 4) is 0 Å². The van der Waals surface area contributed by atoms with E-state index in [0.717, 1.165) is 56.8 Å². The lowest BCUT2D eigenvalue weighted by Gasteiger charge is -2.16. The van der Waals surface area contributed by atoms with Crippen molar-refractivity contribution >= 4 is 29.9 Å². The number of nitrogens with zero attached hydrogens (tertiary/aromatic N) is 4. The van der Waals surface area contributed by atoms with Crippen LogP contribution in [0, 0.1) is 0 Å². The van der Waals surface area contributed by atoms with Crippen LogP contribution in [-0.4, -0.2) is 47.5 Å². The molecule has 0 saturated carbocycles. The summed E-state index contributed by atoms with van der Waals surface area (Å²) < 4.78 is 7.53. The number of aliphatic imine (C=N–C) groups is 1. The van der Waals surface area contributed by atoms with Gasteiger partial charge < -0.3 is 19.9 Å². The first kappa shape index (κ1) is 19.1. The van der Waals surface area contributed by atoms with Crippen LogP contribution in [0.3, 0.4) is 0 Å². The summed E-state index contributed by atoms with van der Waals surface area (Å²) in [6.07, 6.45) is 4.43. The zero-order valence-electron chi connectivity index (χ0n) is 13.5. The Kier molecular flexibility index (Phi) is 9.37. The molecule has 0 amide bonds. The highest BCUT2D eigenvalue weighted by atomic mass is 127. The van der Waals surface area contributed by atoms with E-state index < -0.39 is 0 Å². The first-order chi connectivity index (χ1) is 10.3. The van der Waals surface area contributed by atoms with Crippen LogP contribution in [-0.2, 0) is 24.2 Å². The molecule has 0 atom stereocenters. The molecule has 126 valence electrons. The maximum Gasteiger partial charge on any atom is 0.191 e. The molecular weight excluding hydrogens is 395 g/mol. The molecule has 1 aliphatic heterocycles. The van der Waals surface area contributed by atoms with E-state index in [1.54, 1.807) is 7.05 Å². The molecule has 2 N–H and O–H groups in total. The second-order valence-corrected chi connectivity index (χ2v) is 5.04. The lowest BCUT2D eigenvalue weighted by atomic mass is 10.2. The average molecular weight is 422 g/mol. The molecule has 8 heteroatoms. The molecule has 0 saturated heterocycles. The zero-order valence-corrected chi connectivity index (χ0v) is 15.8. The Labute approximate surface area is 149 Å². The maximum absolute atomic E-state index is 5.31. The van der Waals surface area contributed by atoms with Gasteiger partial charge in [0.25, 0.3) is 0 Å². The van der Waals surface area contributed by atoms with Crippen molar-refractivity contribution in [3.63, 3.8) is 0 Å². The molecule has 0 bridgehead atoms. The number of halogens is 1. The lowest BCUT2D eigenvalue weighted by molar-refractivity contribution is 0.145. The number of aromatic nitrogens is 3. The van der Waals surface area contributed by atoms with Crippen molar-refractivity contribution in [1.82, 2.24) is 25.4 Å². The molecule has 7 nitrogen and oxygen atoms in total. The van der Waals surface area contributed by atoms with E-state index in [2.05, 4.69) is 30.4 Å². The van der Waals surface area contributed by atoms with Gasteiger partial charge in [-0.1, -0.05) is 0 Å². The SMILES string of the molecule is CCOCCCNC(=NC)NCc1nnc2n1CCCC2.I. The highest BCUT2D eigenvalue weighted by Crippen LogP contribution is 2.13. The van der Waals surface area contributed by atoms with Gasteiger partial charge in [-0.25, -0.2) is 0 Å². The number of hydrogen-bond donors (Lipinski definition) is 2. The van der Waals surface area contributed by atoms with Gasteiger partial charge in [0.15, 0.2) is 11.8 Å². The van der Waals surface area contributed by atoms with Crippen LogP contribution in [0.5, 0.6) is 0 Å². The Hall–Kier alpha value is -0.900. The van der Waals surface area contributed by atoms with Crippen molar-refractivity contribution < 1.29 is 4.74 Å². The van der Waals surface area contributed by atoms with E-state index in [9.17, 15) is 0 Å². The van der Waals surface area contributed by atoms with Gasteiger partial charge in [0.1, 0.15) is 5.82 Å². The van der Waals surface area contributed by atoms with Gasteiger partial charge in [-0.2, -0.15) is 0 Å². The predicted molar refractivity (Wildman–Crippen MR) is 97.7 cm³/mol. The van der Waals surface area contributed by atoms with Gasteiger partial charge in [-0.15, -0.1) is 34.2 Å². The molecular formula is C14H27IN6O. The zero-order chi connectivity index (χ0) is 14.9. The van der Waals surface area contributed by atoms with E-state index in [0.29, 0.717) is 6.54 Å². The molecule has 0 aliphatic carbocycles. The quantitative estimate of drug-likeness (QED) is 0.300. The van der Waals surface area contributed by atoms with Crippen LogP contribution >= 0.6 is 24.0 Å². The van der Waals surface area contributed by atoms with Crippen LogP contribution in [0.25, 0.3) is 0 Å². The molecule has 0 aromatic carbocycles. The smallest absolute Gasteiger partial charge is 0.191 e. The summed E-state index contributed by atoms with van der Waals surface area (Å²) in [5, 5.41) is 15.1. The van der Waals surface area contributed by atoms with Crippen LogP contribution < -0.4 is 10.6 Å². The molecule has 0 spiro atoms. The van der Waals surface area contributed by atoms with Crippen LogP contribution in [0.15, 0.2) is 4.99 Å². The standard InChI is InChI=1S/C14H26N6O.HI/c1-3-21-10-6-8-16-14(15-2)17-11-13-19-18-12-7-4-5-9-20(12)13;/h3-11H2,1-2H3,(H2,15,16,17);1H. The maximum atomic E-state index is 5.31. The van der Waals surface area contributed by atoms with E-state index in [1.165, 1.54) is 12.8 Å². The minimum absolute atomic E-state index is 0. The van der Waals surface area contributed by atoms with Gasteiger partial charge in [-0.05, 0) is 26.2 Å². The topological polar surface area (TPSA) is 76.4 Å². The first-order valence-electron chi connectivity index (χ1n) is 7.78. The summed E-state index contributed by atoms with van der Waals surface area (Å²) in [6, 6.07) is 0. The third-order valence-corrected chi connectivity index (χ3v) is 3.54. The Bertz CT molecular complexity index is 462. The van der Waals surface area contributed by atoms with Crippen molar-refractivity contribution in [2.24, 2.45) is 4.99 Å². The first-order valence-corrected chi connectivity index (χ1v) is 7.78. The van der Waals surface area contributed by atoms with Crippen molar-refractivity contribution in [3.05, 3.63) is 11.6 Å². The summed E-state index contributed by atoms with van der Waals surface area (Å²) in [5.41, 5.74) is 0. The molecule has 0 fully saturated rings. The summed E-state index contributed by atoms with van der Waals surface area (Å²) >= 11 is 0. The molecule has 1 aliphatic rings. The van der Waals surface area contributed by atoms with Crippen molar-refractivity contribution in [1.29, 1.82) is 0 Å². The summed E-state index contributed by atoms with van der Waals surface area (Å²) in [5.74, 6) is 2.89. The number of nitrogens with one attached hydrogen (secondary N) is 2. The fourth-order valence-corrected chi connectivity index (χ4v) is 2.41. The monoisotopic (exact) mass is 422 g/mol. The number of hydrogen-bond acceptors (Lipinski definition) is 4. The molecule has 1 aromatic heterocycles. The van der Waals surface area contributed by atoms with Crippen molar-refractivity contribution in [2.75, 3.05) is 26.8 Å². The van der Waals surface area contributed by atoms with E-state index in [1.807, 2.05) is 6.92 Å². The van der Waals surface area contributed by atoms with Crippen molar-refractivity contribution in [2.45, 2.75) is 45.7 Å². The van der Waals surface area contributed by atoms with Crippen LogP contribution in [0.2, 0.25) is 0 Å². The average Bonchev–Trinajstić information content (AvgIpc) is 2.93. The minimum atomic E-state index is 0.